The molecular weight excluding hydrogens is 494 g/mol. The Hall–Kier alpha value is -3.30. The van der Waals surface area contributed by atoms with Gasteiger partial charge in [-0.05, 0) is 62.6 Å². The molecule has 1 aliphatic carbocycles. The second-order valence-corrected chi connectivity index (χ2v) is 10.9. The lowest BCUT2D eigenvalue weighted by atomic mass is 9.95. The summed E-state index contributed by atoms with van der Waals surface area (Å²) in [5, 5.41) is 3.95. The first-order chi connectivity index (χ1) is 17.5. The Kier molecular flexibility index (Phi) is 7.02. The van der Waals surface area contributed by atoms with Gasteiger partial charge in [-0.3, -0.25) is 14.2 Å². The van der Waals surface area contributed by atoms with Crippen LogP contribution in [0.15, 0.2) is 41.5 Å². The van der Waals surface area contributed by atoms with E-state index in [1.54, 1.807) is 24.7 Å². The average molecular weight is 522 g/mol. The van der Waals surface area contributed by atoms with E-state index in [1.165, 1.54) is 22.7 Å². The fraction of sp³-hybridized carbons (Fsp3) is 0.333. The lowest BCUT2D eigenvalue weighted by molar-refractivity contribution is 0.0526. The van der Waals surface area contributed by atoms with Gasteiger partial charge in [0.1, 0.15) is 9.83 Å². The number of aryl methyl sites for hydroxylation is 4. The van der Waals surface area contributed by atoms with E-state index in [-0.39, 0.29) is 18.1 Å². The highest BCUT2D eigenvalue weighted by Crippen LogP contribution is 2.39. The fourth-order valence-electron chi connectivity index (χ4n) is 4.66. The Morgan fingerprint density at radius 3 is 2.69 bits per heavy atom. The summed E-state index contributed by atoms with van der Waals surface area (Å²) in [4.78, 5) is 46.0. The first-order valence-electron chi connectivity index (χ1n) is 12.1. The Morgan fingerprint density at radius 1 is 1.14 bits per heavy atom. The predicted octanol–water partition coefficient (Wildman–Crippen LogP) is 5.38. The summed E-state index contributed by atoms with van der Waals surface area (Å²) in [6.07, 6.45) is 6.06. The largest absolute Gasteiger partial charge is 0.462 e. The summed E-state index contributed by atoms with van der Waals surface area (Å²) in [6.45, 7) is 4.33. The number of benzene rings is 1. The molecule has 0 atom stereocenters. The molecule has 1 aromatic carbocycles. The number of carbonyl (C=O) groups excluding carboxylic acids is 2. The van der Waals surface area contributed by atoms with Crippen molar-refractivity contribution in [2.45, 2.75) is 52.5 Å². The minimum atomic E-state index is -0.400. The zero-order chi connectivity index (χ0) is 25.2. The van der Waals surface area contributed by atoms with Gasteiger partial charge >= 0.3 is 5.97 Å². The minimum Gasteiger partial charge on any atom is -0.462 e. The quantitative estimate of drug-likeness (QED) is 0.330. The van der Waals surface area contributed by atoms with E-state index < -0.39 is 5.97 Å². The summed E-state index contributed by atoms with van der Waals surface area (Å²) >= 11 is 2.65. The highest BCUT2D eigenvalue weighted by Gasteiger charge is 2.28. The molecule has 5 rings (SSSR count). The van der Waals surface area contributed by atoms with Crippen LogP contribution in [0.25, 0.3) is 10.2 Å². The van der Waals surface area contributed by atoms with E-state index in [9.17, 15) is 14.4 Å². The van der Waals surface area contributed by atoms with Gasteiger partial charge in [0, 0.05) is 11.4 Å². The summed E-state index contributed by atoms with van der Waals surface area (Å²) in [5.41, 5.74) is 3.07. The third-order valence-corrected chi connectivity index (χ3v) is 8.89. The molecule has 0 saturated carbocycles. The molecule has 0 bridgehead atoms. The molecule has 1 amide bonds. The van der Waals surface area contributed by atoms with Gasteiger partial charge in [0.25, 0.3) is 11.5 Å². The molecular formula is C27H27N3O4S2. The number of rotatable bonds is 7. The number of nitrogens with zero attached hydrogens (tertiary/aromatic N) is 2. The third-order valence-electron chi connectivity index (χ3n) is 6.49. The zero-order valence-electron chi connectivity index (χ0n) is 20.3. The molecule has 0 fully saturated rings. The van der Waals surface area contributed by atoms with Crippen LogP contribution < -0.4 is 10.9 Å². The van der Waals surface area contributed by atoms with Gasteiger partial charge in [-0.15, -0.1) is 22.7 Å². The van der Waals surface area contributed by atoms with Gasteiger partial charge in [-0.2, -0.15) is 0 Å². The maximum Gasteiger partial charge on any atom is 0.341 e. The van der Waals surface area contributed by atoms with Crippen LogP contribution in [-0.4, -0.2) is 28.0 Å². The first kappa shape index (κ1) is 24.4. The van der Waals surface area contributed by atoms with Crippen LogP contribution in [0, 0.1) is 6.92 Å². The number of fused-ring (bicyclic) bond motifs is 2. The molecule has 36 heavy (non-hydrogen) atoms. The average Bonchev–Trinajstić information content (AvgIpc) is 3.42. The van der Waals surface area contributed by atoms with E-state index in [1.807, 2.05) is 30.3 Å². The Morgan fingerprint density at radius 2 is 1.92 bits per heavy atom. The second kappa shape index (κ2) is 10.4. The molecule has 186 valence electrons. The topological polar surface area (TPSA) is 90.3 Å². The van der Waals surface area contributed by atoms with Gasteiger partial charge in [0.15, 0.2) is 0 Å². The van der Waals surface area contributed by atoms with Gasteiger partial charge < -0.3 is 10.1 Å². The van der Waals surface area contributed by atoms with E-state index in [0.717, 1.165) is 41.7 Å². The standard InChI is InChI=1S/C27H27N3O4S2/c1-3-34-27(33)21-18-11-7-8-12-19(18)35-25(21)29-23(31)22-16(2)20-24(36-22)28-15-30(26(20)32)14-13-17-9-5-4-6-10-17/h4-6,9-10,15H,3,7-8,11-14H2,1-2H3,(H,29,31). The van der Waals surface area contributed by atoms with Crippen molar-refractivity contribution in [3.63, 3.8) is 0 Å². The van der Waals surface area contributed by atoms with Gasteiger partial charge in [-0.25, -0.2) is 9.78 Å². The molecule has 0 unspecified atom stereocenters. The van der Waals surface area contributed by atoms with Crippen molar-refractivity contribution in [3.05, 3.63) is 79.0 Å². The predicted molar refractivity (Wildman–Crippen MR) is 144 cm³/mol. The van der Waals surface area contributed by atoms with Crippen LogP contribution in [-0.2, 0) is 30.5 Å². The monoisotopic (exact) mass is 521 g/mol. The summed E-state index contributed by atoms with van der Waals surface area (Å²) in [5.74, 6) is -0.738. The molecule has 7 nitrogen and oxygen atoms in total. The Labute approximate surface area is 216 Å². The van der Waals surface area contributed by atoms with Gasteiger partial charge in [-0.1, -0.05) is 30.3 Å². The molecule has 3 heterocycles. The lowest BCUT2D eigenvalue weighted by Crippen LogP contribution is -2.21. The van der Waals surface area contributed by atoms with Crippen LogP contribution in [0.5, 0.6) is 0 Å². The highest BCUT2D eigenvalue weighted by molar-refractivity contribution is 7.21. The Balaban J connectivity index is 1.44. The van der Waals surface area contributed by atoms with E-state index in [4.69, 9.17) is 4.74 Å². The molecule has 0 radical (unpaired) electrons. The van der Waals surface area contributed by atoms with Crippen LogP contribution in [0.4, 0.5) is 5.00 Å². The van der Waals surface area contributed by atoms with Crippen LogP contribution in [0.2, 0.25) is 0 Å². The first-order valence-corrected chi connectivity index (χ1v) is 13.8. The van der Waals surface area contributed by atoms with Crippen molar-refractivity contribution < 1.29 is 14.3 Å². The SMILES string of the molecule is CCOC(=O)c1c(NC(=O)c2sc3ncn(CCc4ccccc4)c(=O)c3c2C)sc2c1CCCC2. The number of aromatic nitrogens is 2. The zero-order valence-corrected chi connectivity index (χ0v) is 21.9. The molecule has 1 aliphatic rings. The highest BCUT2D eigenvalue weighted by atomic mass is 32.1. The summed E-state index contributed by atoms with van der Waals surface area (Å²) in [6, 6.07) is 9.98. The number of carbonyl (C=O) groups is 2. The third kappa shape index (κ3) is 4.60. The maximum absolute atomic E-state index is 13.4. The molecule has 0 saturated heterocycles. The minimum absolute atomic E-state index is 0.150. The number of thiophene rings is 2. The maximum atomic E-state index is 13.4. The van der Waals surface area contributed by atoms with Gasteiger partial charge in [0.2, 0.25) is 0 Å². The van der Waals surface area contributed by atoms with Gasteiger partial charge in [0.05, 0.1) is 28.8 Å². The normalized spacial score (nSPS) is 12.9. The van der Waals surface area contributed by atoms with Crippen LogP contribution in [0.1, 0.15) is 61.4 Å². The van der Waals surface area contributed by atoms with E-state index >= 15 is 0 Å². The number of esters is 1. The number of hydrogen-bond acceptors (Lipinski definition) is 7. The van der Waals surface area contributed by atoms with Crippen molar-refractivity contribution in [1.82, 2.24) is 9.55 Å². The van der Waals surface area contributed by atoms with Crippen molar-refractivity contribution in [1.29, 1.82) is 0 Å². The molecule has 1 N–H and O–H groups in total. The second-order valence-electron chi connectivity index (χ2n) is 8.80. The van der Waals surface area contributed by atoms with Crippen LogP contribution >= 0.6 is 22.7 Å². The van der Waals surface area contributed by atoms with E-state index in [2.05, 4.69) is 10.3 Å². The lowest BCUT2D eigenvalue weighted by Gasteiger charge is -2.12. The molecule has 3 aromatic heterocycles. The van der Waals surface area contributed by atoms with Crippen molar-refractivity contribution in [3.8, 4) is 0 Å². The molecule has 0 aliphatic heterocycles. The number of hydrogen-bond donors (Lipinski definition) is 1. The number of nitrogens with one attached hydrogen (secondary N) is 1. The molecule has 4 aromatic rings. The van der Waals surface area contributed by atoms with E-state index in [0.29, 0.717) is 44.2 Å². The summed E-state index contributed by atoms with van der Waals surface area (Å²) in [7, 11) is 0. The number of amides is 1. The molecule has 9 heteroatoms. The van der Waals surface area contributed by atoms with Crippen molar-refractivity contribution in [2.24, 2.45) is 0 Å². The van der Waals surface area contributed by atoms with Crippen molar-refractivity contribution >= 4 is 49.8 Å². The summed E-state index contributed by atoms with van der Waals surface area (Å²) < 4.78 is 6.90. The molecule has 0 spiro atoms. The van der Waals surface area contributed by atoms with Crippen LogP contribution in [0.3, 0.4) is 0 Å². The number of anilines is 1. The number of ether oxygens (including phenoxy) is 1. The van der Waals surface area contributed by atoms with Crippen molar-refractivity contribution in [2.75, 3.05) is 11.9 Å². The fourth-order valence-corrected chi connectivity index (χ4v) is 6.97. The Bertz CT molecular complexity index is 1500. The smallest absolute Gasteiger partial charge is 0.341 e.